The highest BCUT2D eigenvalue weighted by atomic mass is 35.5. The van der Waals surface area contributed by atoms with E-state index in [0.717, 1.165) is 0 Å². The zero-order chi connectivity index (χ0) is 13.0. The van der Waals surface area contributed by atoms with E-state index in [9.17, 15) is 4.39 Å². The van der Waals surface area contributed by atoms with Crippen molar-refractivity contribution in [3.05, 3.63) is 17.0 Å². The Morgan fingerprint density at radius 2 is 2.22 bits per heavy atom. The van der Waals surface area contributed by atoms with Crippen molar-refractivity contribution in [3.8, 4) is 5.75 Å². The van der Waals surface area contributed by atoms with Crippen LogP contribution in [0.3, 0.4) is 0 Å². The number of rotatable bonds is 4. The number of morpholine rings is 1. The molecule has 0 bridgehead atoms. The van der Waals surface area contributed by atoms with Crippen LogP contribution in [0.5, 0.6) is 5.75 Å². The van der Waals surface area contributed by atoms with E-state index in [0.29, 0.717) is 32.1 Å². The van der Waals surface area contributed by atoms with Gasteiger partial charge in [-0.1, -0.05) is 11.6 Å². The molecule has 7 heteroatoms. The van der Waals surface area contributed by atoms with Crippen LogP contribution in [-0.2, 0) is 9.47 Å². The summed E-state index contributed by atoms with van der Waals surface area (Å²) in [4.78, 5) is 6.04. The van der Waals surface area contributed by atoms with Gasteiger partial charge in [-0.05, 0) is 0 Å². The van der Waals surface area contributed by atoms with E-state index >= 15 is 0 Å². The Hall–Kier alpha value is -1.11. The Balaban J connectivity index is 2.18. The molecule has 2 heterocycles. The Morgan fingerprint density at radius 3 is 2.83 bits per heavy atom. The lowest BCUT2D eigenvalue weighted by molar-refractivity contribution is 0.0481. The van der Waals surface area contributed by atoms with Crippen molar-refractivity contribution in [2.24, 2.45) is 0 Å². The summed E-state index contributed by atoms with van der Waals surface area (Å²) in [7, 11) is 1.45. The number of halogens is 2. The lowest BCUT2D eigenvalue weighted by Gasteiger charge is -2.28. The molecule has 1 aliphatic rings. The maximum atomic E-state index is 13.8. The summed E-state index contributed by atoms with van der Waals surface area (Å²) in [6, 6.07) is 1.31. The molecule has 1 aromatic rings. The van der Waals surface area contributed by atoms with E-state index in [1.807, 2.05) is 4.90 Å². The minimum absolute atomic E-state index is 0.00598. The predicted molar refractivity (Wildman–Crippen MR) is 64.7 cm³/mol. The Morgan fingerprint density at radius 1 is 1.50 bits per heavy atom. The van der Waals surface area contributed by atoms with Gasteiger partial charge in [0.2, 0.25) is 0 Å². The van der Waals surface area contributed by atoms with E-state index in [-0.39, 0.29) is 17.7 Å². The number of nitrogens with zero attached hydrogens (tertiary/aromatic N) is 2. The van der Waals surface area contributed by atoms with Gasteiger partial charge in [-0.2, -0.15) is 0 Å². The van der Waals surface area contributed by atoms with Crippen molar-refractivity contribution < 1.29 is 18.6 Å². The predicted octanol–water partition coefficient (Wildman–Crippen LogP) is 1.69. The third-order valence-corrected chi connectivity index (χ3v) is 2.79. The lowest BCUT2D eigenvalue weighted by Crippen LogP contribution is -2.36. The molecule has 5 nitrogen and oxygen atoms in total. The van der Waals surface area contributed by atoms with Crippen molar-refractivity contribution in [2.45, 2.75) is 0 Å². The third kappa shape index (κ3) is 3.01. The van der Waals surface area contributed by atoms with Crippen LogP contribution >= 0.6 is 11.6 Å². The SMILES string of the molecule is COCOc1c(F)cc(N2CCOCC2)nc1Cl. The first-order valence-electron chi connectivity index (χ1n) is 5.53. The smallest absolute Gasteiger partial charge is 0.195 e. The second kappa shape index (κ2) is 6.17. The van der Waals surface area contributed by atoms with E-state index in [1.165, 1.54) is 13.2 Å². The maximum Gasteiger partial charge on any atom is 0.195 e. The first kappa shape index (κ1) is 13.3. The van der Waals surface area contributed by atoms with Gasteiger partial charge in [0.25, 0.3) is 0 Å². The molecule has 0 atom stereocenters. The van der Waals surface area contributed by atoms with Gasteiger partial charge in [0.05, 0.1) is 13.2 Å². The highest BCUT2D eigenvalue weighted by Gasteiger charge is 2.18. The van der Waals surface area contributed by atoms with E-state index in [1.54, 1.807) is 0 Å². The second-order valence-corrected chi connectivity index (χ2v) is 4.09. The molecule has 0 unspecified atom stereocenters. The van der Waals surface area contributed by atoms with Crippen LogP contribution < -0.4 is 9.64 Å². The number of hydrogen-bond donors (Lipinski definition) is 0. The Labute approximate surface area is 109 Å². The van der Waals surface area contributed by atoms with Crippen molar-refractivity contribution in [1.29, 1.82) is 0 Å². The number of pyridine rings is 1. The number of anilines is 1. The molecule has 100 valence electrons. The highest BCUT2D eigenvalue weighted by Crippen LogP contribution is 2.29. The topological polar surface area (TPSA) is 43.8 Å². The Kier molecular flexibility index (Phi) is 4.57. The highest BCUT2D eigenvalue weighted by molar-refractivity contribution is 6.31. The molecule has 1 aliphatic heterocycles. The van der Waals surface area contributed by atoms with Crippen LogP contribution in [0.1, 0.15) is 0 Å². The minimum Gasteiger partial charge on any atom is -0.461 e. The van der Waals surface area contributed by atoms with Crippen LogP contribution in [0, 0.1) is 5.82 Å². The average molecular weight is 277 g/mol. The van der Waals surface area contributed by atoms with Gasteiger partial charge in [-0.25, -0.2) is 9.37 Å². The average Bonchev–Trinajstić information content (AvgIpc) is 2.39. The van der Waals surface area contributed by atoms with E-state index in [2.05, 4.69) is 4.98 Å². The molecule has 0 aromatic carbocycles. The normalized spacial score (nSPS) is 15.8. The van der Waals surface area contributed by atoms with E-state index in [4.69, 9.17) is 25.8 Å². The second-order valence-electron chi connectivity index (χ2n) is 3.73. The number of methoxy groups -OCH3 is 1. The van der Waals surface area contributed by atoms with E-state index < -0.39 is 5.82 Å². The quantitative estimate of drug-likeness (QED) is 0.619. The first-order chi connectivity index (χ1) is 8.72. The van der Waals surface area contributed by atoms with Crippen LogP contribution in [-0.4, -0.2) is 45.2 Å². The molecule has 0 radical (unpaired) electrons. The van der Waals surface area contributed by atoms with Crippen LogP contribution in [0.25, 0.3) is 0 Å². The molecule has 0 amide bonds. The van der Waals surface area contributed by atoms with Crippen molar-refractivity contribution in [2.75, 3.05) is 45.1 Å². The van der Waals surface area contributed by atoms with Gasteiger partial charge in [0.15, 0.2) is 23.5 Å². The molecular weight excluding hydrogens is 263 g/mol. The van der Waals surface area contributed by atoms with Crippen LogP contribution in [0.2, 0.25) is 5.15 Å². The fourth-order valence-electron chi connectivity index (χ4n) is 1.66. The van der Waals surface area contributed by atoms with Gasteiger partial charge in [0.1, 0.15) is 5.82 Å². The minimum atomic E-state index is -0.548. The standard InChI is InChI=1S/C11H14ClFN2O3/c1-16-7-18-10-8(13)6-9(14-11(10)12)15-2-4-17-5-3-15/h6H,2-5,7H2,1H3. The molecule has 0 N–H and O–H groups in total. The summed E-state index contributed by atoms with van der Waals surface area (Å²) in [6.07, 6.45) is 0. The molecular formula is C11H14ClFN2O3. The molecule has 1 fully saturated rings. The number of aromatic nitrogens is 1. The summed E-state index contributed by atoms with van der Waals surface area (Å²) in [5, 5.41) is -0.00598. The maximum absolute atomic E-state index is 13.8. The largest absolute Gasteiger partial charge is 0.461 e. The van der Waals surface area contributed by atoms with Crippen molar-refractivity contribution >= 4 is 17.4 Å². The number of hydrogen-bond acceptors (Lipinski definition) is 5. The van der Waals surface area contributed by atoms with Gasteiger partial charge in [0, 0.05) is 26.3 Å². The zero-order valence-corrected chi connectivity index (χ0v) is 10.7. The molecule has 0 saturated carbocycles. The fraction of sp³-hybridized carbons (Fsp3) is 0.545. The van der Waals surface area contributed by atoms with Gasteiger partial charge < -0.3 is 19.1 Å². The summed E-state index contributed by atoms with van der Waals surface area (Å²) >= 11 is 5.90. The zero-order valence-electron chi connectivity index (χ0n) is 9.99. The lowest BCUT2D eigenvalue weighted by atomic mass is 10.3. The Bertz CT molecular complexity index is 390. The summed E-state index contributed by atoms with van der Waals surface area (Å²) < 4.78 is 28.8. The first-order valence-corrected chi connectivity index (χ1v) is 5.90. The van der Waals surface area contributed by atoms with Gasteiger partial charge in [-0.3, -0.25) is 0 Å². The van der Waals surface area contributed by atoms with Crippen molar-refractivity contribution in [1.82, 2.24) is 4.98 Å². The summed E-state index contributed by atoms with van der Waals surface area (Å²) in [5.74, 6) is -0.144. The number of ether oxygens (including phenoxy) is 3. The molecule has 18 heavy (non-hydrogen) atoms. The third-order valence-electron chi connectivity index (χ3n) is 2.53. The molecule has 1 aromatic heterocycles. The molecule has 2 rings (SSSR count). The van der Waals surface area contributed by atoms with Crippen molar-refractivity contribution in [3.63, 3.8) is 0 Å². The van der Waals surface area contributed by atoms with Gasteiger partial charge in [-0.15, -0.1) is 0 Å². The molecule has 1 saturated heterocycles. The monoisotopic (exact) mass is 276 g/mol. The summed E-state index contributed by atoms with van der Waals surface area (Å²) in [5.41, 5.74) is 0. The molecule has 0 spiro atoms. The van der Waals surface area contributed by atoms with Crippen LogP contribution in [0.15, 0.2) is 6.07 Å². The molecule has 0 aliphatic carbocycles. The fourth-order valence-corrected chi connectivity index (χ4v) is 1.89. The van der Waals surface area contributed by atoms with Gasteiger partial charge >= 0.3 is 0 Å². The summed E-state index contributed by atoms with van der Waals surface area (Å²) in [6.45, 7) is 2.46. The van der Waals surface area contributed by atoms with Crippen LogP contribution in [0.4, 0.5) is 10.2 Å².